The second-order valence-electron chi connectivity index (χ2n) is 5.36. The molecule has 4 N–H and O–H groups in total. The van der Waals surface area contributed by atoms with Crippen molar-refractivity contribution in [1.29, 1.82) is 5.26 Å². The van der Waals surface area contributed by atoms with Crippen LogP contribution in [0.1, 0.15) is 22.9 Å². The van der Waals surface area contributed by atoms with E-state index in [9.17, 15) is 5.26 Å². The summed E-state index contributed by atoms with van der Waals surface area (Å²) >= 11 is 1.55. The van der Waals surface area contributed by atoms with Crippen LogP contribution in [0.15, 0.2) is 41.2 Å². The molecule has 0 amide bonds. The summed E-state index contributed by atoms with van der Waals surface area (Å²) in [4.78, 5) is 5.46. The van der Waals surface area contributed by atoms with E-state index in [4.69, 9.17) is 16.2 Å². The number of nitrogens with zero attached hydrogens (tertiary/aromatic N) is 3. The van der Waals surface area contributed by atoms with Crippen LogP contribution in [-0.4, -0.2) is 9.38 Å². The number of nitrogen functional groups attached to an aromatic ring is 1. The zero-order chi connectivity index (χ0) is 16.1. The van der Waals surface area contributed by atoms with E-state index in [2.05, 4.69) is 11.1 Å². The van der Waals surface area contributed by atoms with Crippen molar-refractivity contribution in [3.63, 3.8) is 0 Å². The summed E-state index contributed by atoms with van der Waals surface area (Å²) in [6.07, 6.45) is 1.95. The lowest BCUT2D eigenvalue weighted by Gasteiger charge is -2.26. The number of rotatable bonds is 1. The molecule has 23 heavy (non-hydrogen) atoms. The van der Waals surface area contributed by atoms with E-state index in [0.717, 1.165) is 21.9 Å². The number of thiazole rings is 1. The predicted molar refractivity (Wildman–Crippen MR) is 88.0 cm³/mol. The van der Waals surface area contributed by atoms with Crippen molar-refractivity contribution in [2.24, 2.45) is 5.73 Å². The van der Waals surface area contributed by atoms with E-state index in [-0.39, 0.29) is 11.8 Å². The minimum absolute atomic E-state index is 0.111. The fourth-order valence-electron chi connectivity index (χ4n) is 3.01. The van der Waals surface area contributed by atoms with Crippen molar-refractivity contribution in [1.82, 2.24) is 9.38 Å². The number of imidazole rings is 1. The number of hydrogen-bond acceptors (Lipinski definition) is 6. The molecule has 114 valence electrons. The highest BCUT2D eigenvalue weighted by molar-refractivity contribution is 7.15. The third-order valence-electron chi connectivity index (χ3n) is 4.00. The van der Waals surface area contributed by atoms with Crippen LogP contribution in [0.5, 0.6) is 5.75 Å². The molecular formula is C16H13N5OS. The van der Waals surface area contributed by atoms with Gasteiger partial charge in [-0.05, 0) is 13.0 Å². The highest BCUT2D eigenvalue weighted by atomic mass is 32.1. The van der Waals surface area contributed by atoms with Crippen LogP contribution in [0.3, 0.4) is 0 Å². The fraction of sp³-hybridized carbons (Fsp3) is 0.125. The van der Waals surface area contributed by atoms with Crippen LogP contribution in [-0.2, 0) is 0 Å². The van der Waals surface area contributed by atoms with Gasteiger partial charge in [0.05, 0.1) is 17.3 Å². The minimum atomic E-state index is -0.325. The molecule has 0 unspecified atom stereocenters. The quantitative estimate of drug-likeness (QED) is 0.670. The molecule has 0 fully saturated rings. The number of aryl methyl sites for hydroxylation is 1. The molecular weight excluding hydrogens is 310 g/mol. The van der Waals surface area contributed by atoms with Crippen LogP contribution in [0.2, 0.25) is 0 Å². The number of aromatic nitrogens is 2. The van der Waals surface area contributed by atoms with E-state index in [0.29, 0.717) is 17.0 Å². The molecule has 0 radical (unpaired) electrons. The van der Waals surface area contributed by atoms with Gasteiger partial charge in [0, 0.05) is 28.9 Å². The molecule has 0 aliphatic carbocycles. The number of hydrogen-bond donors (Lipinski definition) is 2. The molecule has 1 aliphatic heterocycles. The molecule has 0 saturated carbocycles. The number of benzene rings is 1. The largest absolute Gasteiger partial charge is 0.440 e. The Labute approximate surface area is 136 Å². The molecule has 6 nitrogen and oxygen atoms in total. The van der Waals surface area contributed by atoms with Gasteiger partial charge in [0.1, 0.15) is 17.4 Å². The highest BCUT2D eigenvalue weighted by Crippen LogP contribution is 2.44. The smallest absolute Gasteiger partial charge is 0.205 e. The molecule has 1 aliphatic rings. The van der Waals surface area contributed by atoms with E-state index in [1.165, 1.54) is 0 Å². The van der Waals surface area contributed by atoms with Gasteiger partial charge in [-0.1, -0.05) is 6.07 Å². The Morgan fingerprint density at radius 2 is 2.22 bits per heavy atom. The highest BCUT2D eigenvalue weighted by Gasteiger charge is 2.34. The van der Waals surface area contributed by atoms with Crippen molar-refractivity contribution in [2.75, 3.05) is 5.73 Å². The zero-order valence-corrected chi connectivity index (χ0v) is 13.1. The summed E-state index contributed by atoms with van der Waals surface area (Å²) in [7, 11) is 0. The normalized spacial score (nSPS) is 17.0. The summed E-state index contributed by atoms with van der Waals surface area (Å²) in [5.74, 6) is 0.366. The first-order chi connectivity index (χ1) is 11.1. The first-order valence-corrected chi connectivity index (χ1v) is 7.87. The fourth-order valence-corrected chi connectivity index (χ4v) is 3.78. The standard InChI is InChI=1S/C16H13N5OS/c1-8-14(21-4-5-23-16(21)20-8)13-10-3-2-9(18)6-12(10)22-15(19)11(13)7-17/h2-6,13H,18-19H2,1H3/t13-/m0/s1. The van der Waals surface area contributed by atoms with Gasteiger partial charge in [0.25, 0.3) is 0 Å². The minimum Gasteiger partial charge on any atom is -0.440 e. The second-order valence-corrected chi connectivity index (χ2v) is 6.23. The van der Waals surface area contributed by atoms with Gasteiger partial charge in [0.2, 0.25) is 5.88 Å². The summed E-state index contributed by atoms with van der Waals surface area (Å²) < 4.78 is 7.61. The number of anilines is 1. The molecule has 1 atom stereocenters. The lowest BCUT2D eigenvalue weighted by atomic mass is 9.85. The average molecular weight is 323 g/mol. The Morgan fingerprint density at radius 3 is 3.00 bits per heavy atom. The monoisotopic (exact) mass is 323 g/mol. The van der Waals surface area contributed by atoms with Crippen LogP contribution < -0.4 is 16.2 Å². The molecule has 0 spiro atoms. The van der Waals surface area contributed by atoms with E-state index >= 15 is 0 Å². The summed E-state index contributed by atoms with van der Waals surface area (Å²) in [6.45, 7) is 1.94. The Hall–Kier alpha value is -2.98. The Morgan fingerprint density at radius 1 is 1.39 bits per heavy atom. The second kappa shape index (κ2) is 4.76. The maximum atomic E-state index is 9.60. The van der Waals surface area contributed by atoms with E-state index in [1.807, 2.05) is 29.0 Å². The molecule has 0 saturated heterocycles. The van der Waals surface area contributed by atoms with Crippen molar-refractivity contribution in [3.8, 4) is 11.8 Å². The van der Waals surface area contributed by atoms with Gasteiger partial charge < -0.3 is 16.2 Å². The SMILES string of the molecule is Cc1nc2sccn2c1[C@@H]1C(C#N)=C(N)Oc2cc(N)ccc21. The van der Waals surface area contributed by atoms with Crippen molar-refractivity contribution < 1.29 is 4.74 Å². The van der Waals surface area contributed by atoms with Crippen molar-refractivity contribution in [2.45, 2.75) is 12.8 Å². The van der Waals surface area contributed by atoms with Crippen LogP contribution in [0, 0.1) is 18.3 Å². The molecule has 2 aromatic heterocycles. The number of fused-ring (bicyclic) bond motifs is 2. The summed E-state index contributed by atoms with van der Waals surface area (Å²) in [5.41, 5.74) is 15.5. The predicted octanol–water partition coefficient (Wildman–Crippen LogP) is 2.50. The third kappa shape index (κ3) is 1.89. The Kier molecular flexibility index (Phi) is 2.83. The third-order valence-corrected chi connectivity index (χ3v) is 4.76. The molecule has 1 aromatic carbocycles. The van der Waals surface area contributed by atoms with Gasteiger partial charge in [-0.3, -0.25) is 4.40 Å². The van der Waals surface area contributed by atoms with Gasteiger partial charge in [-0.25, -0.2) is 4.98 Å². The Balaban J connectivity index is 2.04. The van der Waals surface area contributed by atoms with Crippen LogP contribution >= 0.6 is 11.3 Å². The maximum Gasteiger partial charge on any atom is 0.205 e. The number of ether oxygens (including phenoxy) is 1. The zero-order valence-electron chi connectivity index (χ0n) is 12.3. The van der Waals surface area contributed by atoms with Gasteiger partial charge in [-0.15, -0.1) is 11.3 Å². The lowest BCUT2D eigenvalue weighted by molar-refractivity contribution is 0.393. The first kappa shape index (κ1) is 13.7. The van der Waals surface area contributed by atoms with Gasteiger partial charge in [0.15, 0.2) is 4.96 Å². The number of nitriles is 1. The molecule has 3 aromatic rings. The number of nitrogens with two attached hydrogens (primary N) is 2. The van der Waals surface area contributed by atoms with Crippen molar-refractivity contribution in [3.05, 3.63) is 58.2 Å². The summed E-state index contributed by atoms with van der Waals surface area (Å²) in [6, 6.07) is 7.60. The topological polar surface area (TPSA) is 102 Å². The lowest BCUT2D eigenvalue weighted by Crippen LogP contribution is -2.22. The molecule has 4 rings (SSSR count). The van der Waals surface area contributed by atoms with Gasteiger partial charge >= 0.3 is 0 Å². The summed E-state index contributed by atoms with van der Waals surface area (Å²) in [5, 5.41) is 11.6. The van der Waals surface area contributed by atoms with Crippen molar-refractivity contribution >= 4 is 22.0 Å². The first-order valence-electron chi connectivity index (χ1n) is 6.99. The van der Waals surface area contributed by atoms with E-state index < -0.39 is 0 Å². The average Bonchev–Trinajstić information content (AvgIpc) is 3.06. The maximum absolute atomic E-state index is 9.60. The van der Waals surface area contributed by atoms with Gasteiger partial charge in [-0.2, -0.15) is 5.26 Å². The molecule has 3 heterocycles. The number of allylic oxidation sites excluding steroid dienone is 1. The van der Waals surface area contributed by atoms with E-state index in [1.54, 1.807) is 23.5 Å². The van der Waals surface area contributed by atoms with Crippen LogP contribution in [0.25, 0.3) is 4.96 Å². The van der Waals surface area contributed by atoms with Crippen LogP contribution in [0.4, 0.5) is 5.69 Å². The molecule has 7 heteroatoms. The Bertz CT molecular complexity index is 1010. The molecule has 0 bridgehead atoms.